The van der Waals surface area contributed by atoms with Crippen LogP contribution in [0.25, 0.3) is 0 Å². The minimum Gasteiger partial charge on any atom is -0.391 e. The molecule has 1 aromatic rings. The fourth-order valence-corrected chi connectivity index (χ4v) is 1.00. The second-order valence-corrected chi connectivity index (χ2v) is 3.06. The first-order chi connectivity index (χ1) is 6.33. The fourth-order valence-electron chi connectivity index (χ4n) is 1.00. The molecule has 0 aliphatic heterocycles. The summed E-state index contributed by atoms with van der Waals surface area (Å²) in [4.78, 5) is 0. The first kappa shape index (κ1) is 10.2. The van der Waals surface area contributed by atoms with Crippen molar-refractivity contribution in [3.8, 4) is 0 Å². The van der Waals surface area contributed by atoms with E-state index in [1.165, 1.54) is 0 Å². The Morgan fingerprint density at radius 3 is 2.62 bits per heavy atom. The highest BCUT2D eigenvalue weighted by molar-refractivity contribution is 5.13. The van der Waals surface area contributed by atoms with Gasteiger partial charge in [-0.05, 0) is 12.0 Å². The molecule has 1 aromatic carbocycles. The number of aliphatic hydroxyl groups excluding tert-OH is 1. The van der Waals surface area contributed by atoms with E-state index in [1.807, 2.05) is 37.3 Å². The number of ether oxygens (including phenoxy) is 1. The monoisotopic (exact) mass is 180 g/mol. The molecule has 0 fully saturated rings. The minimum atomic E-state index is -0.330. The van der Waals surface area contributed by atoms with Crippen LogP contribution in [0.3, 0.4) is 0 Å². The summed E-state index contributed by atoms with van der Waals surface area (Å²) in [5, 5.41) is 9.21. The van der Waals surface area contributed by atoms with E-state index in [0.717, 1.165) is 12.0 Å². The van der Waals surface area contributed by atoms with Crippen LogP contribution in [0.1, 0.15) is 18.9 Å². The van der Waals surface area contributed by atoms with Gasteiger partial charge in [0.2, 0.25) is 0 Å². The van der Waals surface area contributed by atoms with Gasteiger partial charge in [0.15, 0.2) is 0 Å². The van der Waals surface area contributed by atoms with Gasteiger partial charge < -0.3 is 9.84 Å². The summed E-state index contributed by atoms with van der Waals surface area (Å²) >= 11 is 0. The van der Waals surface area contributed by atoms with E-state index in [9.17, 15) is 5.11 Å². The molecule has 1 rings (SSSR count). The summed E-state index contributed by atoms with van der Waals surface area (Å²) in [6.45, 7) is 2.94. The van der Waals surface area contributed by atoms with Gasteiger partial charge in [-0.25, -0.2) is 0 Å². The molecule has 0 unspecified atom stereocenters. The van der Waals surface area contributed by atoms with Crippen molar-refractivity contribution in [1.82, 2.24) is 0 Å². The number of benzene rings is 1. The molecule has 0 bridgehead atoms. The van der Waals surface area contributed by atoms with E-state index in [1.54, 1.807) is 0 Å². The van der Waals surface area contributed by atoms with Crippen molar-refractivity contribution in [2.75, 3.05) is 6.61 Å². The van der Waals surface area contributed by atoms with E-state index in [2.05, 4.69) is 0 Å². The van der Waals surface area contributed by atoms with Crippen LogP contribution in [0, 0.1) is 0 Å². The van der Waals surface area contributed by atoms with Crippen LogP contribution < -0.4 is 0 Å². The third-order valence-corrected chi connectivity index (χ3v) is 1.89. The second kappa shape index (κ2) is 5.73. The Kier molecular flexibility index (Phi) is 4.50. The van der Waals surface area contributed by atoms with Gasteiger partial charge in [-0.1, -0.05) is 37.3 Å². The van der Waals surface area contributed by atoms with Crippen LogP contribution in [-0.2, 0) is 11.3 Å². The summed E-state index contributed by atoms with van der Waals surface area (Å²) in [6, 6.07) is 9.96. The molecule has 0 saturated heterocycles. The highest BCUT2D eigenvalue weighted by Crippen LogP contribution is 2.01. The summed E-state index contributed by atoms with van der Waals surface area (Å²) in [5.74, 6) is 0. The zero-order valence-corrected chi connectivity index (χ0v) is 7.94. The van der Waals surface area contributed by atoms with Crippen molar-refractivity contribution in [1.29, 1.82) is 0 Å². The van der Waals surface area contributed by atoms with Crippen LogP contribution in [0.15, 0.2) is 30.3 Å². The van der Waals surface area contributed by atoms with Gasteiger partial charge in [0.1, 0.15) is 0 Å². The van der Waals surface area contributed by atoms with Crippen molar-refractivity contribution in [3.63, 3.8) is 0 Å². The van der Waals surface area contributed by atoms with E-state index >= 15 is 0 Å². The molecule has 1 atom stereocenters. The Labute approximate surface area is 79.2 Å². The molecule has 2 heteroatoms. The molecule has 72 valence electrons. The Bertz CT molecular complexity index is 221. The molecule has 0 saturated carbocycles. The van der Waals surface area contributed by atoms with Gasteiger partial charge in [-0.3, -0.25) is 0 Å². The normalized spacial score (nSPS) is 12.8. The number of aliphatic hydroxyl groups is 1. The SMILES string of the molecule is CC[C@H](O)COCc1ccccc1. The molecule has 0 aliphatic rings. The maximum absolute atomic E-state index is 9.21. The molecule has 13 heavy (non-hydrogen) atoms. The third-order valence-electron chi connectivity index (χ3n) is 1.89. The highest BCUT2D eigenvalue weighted by atomic mass is 16.5. The zero-order chi connectivity index (χ0) is 9.52. The predicted molar refractivity (Wildman–Crippen MR) is 52.4 cm³/mol. The van der Waals surface area contributed by atoms with Gasteiger partial charge in [0.25, 0.3) is 0 Å². The Morgan fingerprint density at radius 2 is 2.00 bits per heavy atom. The first-order valence-electron chi connectivity index (χ1n) is 4.62. The lowest BCUT2D eigenvalue weighted by molar-refractivity contribution is 0.0269. The average molecular weight is 180 g/mol. The van der Waals surface area contributed by atoms with Crippen molar-refractivity contribution in [3.05, 3.63) is 35.9 Å². The van der Waals surface area contributed by atoms with Gasteiger partial charge in [0.05, 0.1) is 19.3 Å². The molecular formula is C11H16O2. The van der Waals surface area contributed by atoms with Crippen molar-refractivity contribution in [2.45, 2.75) is 26.1 Å². The van der Waals surface area contributed by atoms with Crippen molar-refractivity contribution in [2.24, 2.45) is 0 Å². The molecule has 0 heterocycles. The Morgan fingerprint density at radius 1 is 1.31 bits per heavy atom. The summed E-state index contributed by atoms with van der Waals surface area (Å²) < 4.78 is 5.32. The lowest BCUT2D eigenvalue weighted by atomic mass is 10.2. The fraction of sp³-hybridized carbons (Fsp3) is 0.455. The van der Waals surface area contributed by atoms with Crippen LogP contribution in [-0.4, -0.2) is 17.8 Å². The summed E-state index contributed by atoms with van der Waals surface area (Å²) in [5.41, 5.74) is 1.14. The maximum Gasteiger partial charge on any atom is 0.0771 e. The smallest absolute Gasteiger partial charge is 0.0771 e. The summed E-state index contributed by atoms with van der Waals surface area (Å²) in [7, 11) is 0. The topological polar surface area (TPSA) is 29.5 Å². The number of hydrogen-bond acceptors (Lipinski definition) is 2. The van der Waals surface area contributed by atoms with Crippen LogP contribution in [0.5, 0.6) is 0 Å². The predicted octanol–water partition coefficient (Wildman–Crippen LogP) is 1.97. The first-order valence-corrected chi connectivity index (χ1v) is 4.62. The third kappa shape index (κ3) is 4.06. The van der Waals surface area contributed by atoms with Gasteiger partial charge in [-0.15, -0.1) is 0 Å². The molecule has 1 N–H and O–H groups in total. The molecule has 0 spiro atoms. The average Bonchev–Trinajstić information content (AvgIpc) is 2.19. The zero-order valence-electron chi connectivity index (χ0n) is 7.94. The molecular weight excluding hydrogens is 164 g/mol. The quantitative estimate of drug-likeness (QED) is 0.750. The Balaban J connectivity index is 2.20. The van der Waals surface area contributed by atoms with Crippen LogP contribution in [0.2, 0.25) is 0 Å². The van der Waals surface area contributed by atoms with Gasteiger partial charge in [0, 0.05) is 0 Å². The van der Waals surface area contributed by atoms with Crippen molar-refractivity contribution >= 4 is 0 Å². The standard InChI is InChI=1S/C11H16O2/c1-2-11(12)9-13-8-10-6-4-3-5-7-10/h3-7,11-12H,2,8-9H2,1H3/t11-/m0/s1. The largest absolute Gasteiger partial charge is 0.391 e. The Hall–Kier alpha value is -0.860. The van der Waals surface area contributed by atoms with E-state index in [4.69, 9.17) is 4.74 Å². The highest BCUT2D eigenvalue weighted by Gasteiger charge is 1.99. The second-order valence-electron chi connectivity index (χ2n) is 3.06. The summed E-state index contributed by atoms with van der Waals surface area (Å²) in [6.07, 6.45) is 0.415. The van der Waals surface area contributed by atoms with Crippen molar-refractivity contribution < 1.29 is 9.84 Å². The molecule has 0 aliphatic carbocycles. The van der Waals surface area contributed by atoms with E-state index < -0.39 is 0 Å². The van der Waals surface area contributed by atoms with E-state index in [0.29, 0.717) is 13.2 Å². The molecule has 0 amide bonds. The van der Waals surface area contributed by atoms with Gasteiger partial charge in [-0.2, -0.15) is 0 Å². The maximum atomic E-state index is 9.21. The minimum absolute atomic E-state index is 0.330. The van der Waals surface area contributed by atoms with Crippen LogP contribution in [0.4, 0.5) is 0 Å². The van der Waals surface area contributed by atoms with E-state index in [-0.39, 0.29) is 6.10 Å². The molecule has 0 aromatic heterocycles. The number of rotatable bonds is 5. The molecule has 0 radical (unpaired) electrons. The molecule has 2 nitrogen and oxygen atoms in total. The van der Waals surface area contributed by atoms with Crippen LogP contribution >= 0.6 is 0 Å². The lowest BCUT2D eigenvalue weighted by Gasteiger charge is -2.08. The lowest BCUT2D eigenvalue weighted by Crippen LogP contribution is -2.13. The number of hydrogen-bond donors (Lipinski definition) is 1. The van der Waals surface area contributed by atoms with Gasteiger partial charge >= 0.3 is 0 Å².